The van der Waals surface area contributed by atoms with Gasteiger partial charge in [0.2, 0.25) is 0 Å². The van der Waals surface area contributed by atoms with Gasteiger partial charge in [0.25, 0.3) is 0 Å². The molecule has 0 unspecified atom stereocenters. The molecule has 0 radical (unpaired) electrons. The lowest BCUT2D eigenvalue weighted by atomic mass is 11.8. The van der Waals surface area contributed by atoms with Gasteiger partial charge in [0, 0.05) is 24.6 Å². The van der Waals surface area contributed by atoms with Gasteiger partial charge in [-0.2, -0.15) is 0 Å². The number of rotatable bonds is 3. The van der Waals surface area contributed by atoms with Crippen LogP contribution >= 0.6 is 28.9 Å². The van der Waals surface area contributed by atoms with Crippen molar-refractivity contribution in [1.82, 2.24) is 0 Å². The zero-order chi connectivity index (χ0) is 6.62. The van der Waals surface area contributed by atoms with Gasteiger partial charge in [-0.1, -0.05) is 11.7 Å². The zero-order valence-corrected chi connectivity index (χ0v) is 7.13. The molecule has 0 rings (SSSR count). The van der Waals surface area contributed by atoms with Gasteiger partial charge < -0.3 is 9.05 Å². The molecule has 0 aromatic heterocycles. The predicted octanol–water partition coefficient (Wildman–Crippen LogP) is 1.97. The molecular weight excluding hydrogens is 167 g/mol. The Hall–Kier alpha value is 0.850. The molecule has 3 nitrogen and oxygen atoms in total. The van der Waals surface area contributed by atoms with Gasteiger partial charge in [-0.15, -0.1) is 0 Å². The maximum Gasteiger partial charge on any atom is 0.398 e. The number of hydrogen-bond acceptors (Lipinski definition) is 5. The molecule has 0 aromatic carbocycles. The highest BCUT2D eigenvalue weighted by Gasteiger charge is 2.18. The molecule has 0 amide bonds. The lowest BCUT2D eigenvalue weighted by Gasteiger charge is -2.06. The Kier molecular flexibility index (Phi) is 4.20. The molecular formula is C2H7O3PS2. The lowest BCUT2D eigenvalue weighted by Crippen LogP contribution is -1.78. The van der Waals surface area contributed by atoms with Crippen LogP contribution in [0.4, 0.5) is 0 Å². The van der Waals surface area contributed by atoms with Gasteiger partial charge >= 0.3 is 6.80 Å². The molecule has 0 spiro atoms. The molecule has 6 heteroatoms. The molecule has 0 aliphatic carbocycles. The monoisotopic (exact) mass is 174 g/mol. The van der Waals surface area contributed by atoms with E-state index in [2.05, 4.69) is 20.7 Å². The fourth-order valence-corrected chi connectivity index (χ4v) is 2.02. The summed E-state index contributed by atoms with van der Waals surface area (Å²) in [5.41, 5.74) is 0. The summed E-state index contributed by atoms with van der Waals surface area (Å²) in [6.45, 7) is -2.88. The lowest BCUT2D eigenvalue weighted by molar-refractivity contribution is 0.295. The fraction of sp³-hybridized carbons (Fsp3) is 1.00. The van der Waals surface area contributed by atoms with Crippen molar-refractivity contribution in [2.45, 2.75) is 0 Å². The van der Waals surface area contributed by atoms with E-state index in [4.69, 9.17) is 0 Å². The minimum atomic E-state index is -2.88. The molecule has 0 heterocycles. The Morgan fingerprint density at radius 1 is 1.50 bits per heavy atom. The van der Waals surface area contributed by atoms with Gasteiger partial charge in [-0.25, -0.2) is 4.57 Å². The number of thiol groups is 1. The summed E-state index contributed by atoms with van der Waals surface area (Å²) in [4.78, 5) is 0. The van der Waals surface area contributed by atoms with Crippen molar-refractivity contribution >= 4 is 28.9 Å². The minimum Gasteiger partial charge on any atom is -0.304 e. The zero-order valence-electron chi connectivity index (χ0n) is 4.53. The highest BCUT2D eigenvalue weighted by molar-refractivity contribution is 8.93. The molecule has 0 bridgehead atoms. The Morgan fingerprint density at radius 2 is 1.88 bits per heavy atom. The van der Waals surface area contributed by atoms with Crippen LogP contribution in [0.15, 0.2) is 0 Å². The highest BCUT2D eigenvalue weighted by Crippen LogP contribution is 2.61. The van der Waals surface area contributed by atoms with Crippen molar-refractivity contribution in [3.05, 3.63) is 0 Å². The SMILES string of the molecule is COP(=O)(OC)SS. The van der Waals surface area contributed by atoms with Crippen molar-refractivity contribution < 1.29 is 13.6 Å². The smallest absolute Gasteiger partial charge is 0.304 e. The molecule has 0 aliphatic heterocycles. The van der Waals surface area contributed by atoms with Gasteiger partial charge in [0.15, 0.2) is 0 Å². The number of hydrogen-bond donors (Lipinski definition) is 1. The third-order valence-electron chi connectivity index (χ3n) is 0.547. The maximum atomic E-state index is 10.8. The first-order valence-corrected chi connectivity index (χ1v) is 5.75. The topological polar surface area (TPSA) is 35.5 Å². The van der Waals surface area contributed by atoms with E-state index >= 15 is 0 Å². The van der Waals surface area contributed by atoms with Crippen molar-refractivity contribution in [3.8, 4) is 0 Å². The standard InChI is InChI=1S/C2H7O3PS2/c1-4-6(3,5-2)8-7/h7H,1-2H3. The largest absolute Gasteiger partial charge is 0.398 e. The van der Waals surface area contributed by atoms with Crippen LogP contribution in [0.5, 0.6) is 0 Å². The average Bonchev–Trinajstić information content (AvgIpc) is 1.87. The summed E-state index contributed by atoms with van der Waals surface area (Å²) < 4.78 is 19.7. The first-order valence-electron chi connectivity index (χ1n) is 1.73. The van der Waals surface area contributed by atoms with Crippen LogP contribution in [-0.2, 0) is 13.6 Å². The van der Waals surface area contributed by atoms with Gasteiger partial charge in [0.1, 0.15) is 0 Å². The Morgan fingerprint density at radius 3 is 1.88 bits per heavy atom. The van der Waals surface area contributed by atoms with Crippen molar-refractivity contribution in [2.24, 2.45) is 0 Å². The van der Waals surface area contributed by atoms with Gasteiger partial charge in [-0.3, -0.25) is 0 Å². The van der Waals surface area contributed by atoms with Gasteiger partial charge in [0.05, 0.1) is 0 Å². The van der Waals surface area contributed by atoms with E-state index in [1.54, 1.807) is 0 Å². The molecule has 50 valence electrons. The van der Waals surface area contributed by atoms with E-state index in [1.165, 1.54) is 14.2 Å². The predicted molar refractivity (Wildman–Crippen MR) is 38.2 cm³/mol. The molecule has 0 aliphatic rings. The van der Waals surface area contributed by atoms with Crippen LogP contribution in [0.1, 0.15) is 0 Å². The van der Waals surface area contributed by atoms with Crippen LogP contribution in [-0.4, -0.2) is 14.2 Å². The summed E-state index contributed by atoms with van der Waals surface area (Å²) in [6, 6.07) is 0. The second-order valence-corrected chi connectivity index (χ2v) is 5.98. The fourth-order valence-electron chi connectivity index (χ4n) is 0.141. The highest BCUT2D eigenvalue weighted by atomic mass is 33.3. The van der Waals surface area contributed by atoms with E-state index in [-0.39, 0.29) is 0 Å². The minimum absolute atomic E-state index is 0.778. The molecule has 0 saturated heterocycles. The van der Waals surface area contributed by atoms with Crippen LogP contribution in [0.3, 0.4) is 0 Å². The average molecular weight is 174 g/mol. The quantitative estimate of drug-likeness (QED) is 0.403. The van der Waals surface area contributed by atoms with E-state index in [0.29, 0.717) is 0 Å². The second kappa shape index (κ2) is 3.80. The summed E-state index contributed by atoms with van der Waals surface area (Å²) in [5, 5.41) is 0. The Bertz CT molecular complexity index is 86.4. The van der Waals surface area contributed by atoms with Crippen molar-refractivity contribution in [2.75, 3.05) is 14.2 Å². The first kappa shape index (κ1) is 8.85. The van der Waals surface area contributed by atoms with E-state index in [9.17, 15) is 4.57 Å². The van der Waals surface area contributed by atoms with Crippen molar-refractivity contribution in [3.63, 3.8) is 0 Å². The van der Waals surface area contributed by atoms with E-state index in [0.717, 1.165) is 10.4 Å². The van der Waals surface area contributed by atoms with Crippen LogP contribution in [0.25, 0.3) is 0 Å². The second-order valence-electron chi connectivity index (χ2n) is 0.894. The summed E-state index contributed by atoms with van der Waals surface area (Å²) in [7, 11) is 3.40. The first-order chi connectivity index (χ1) is 3.68. The normalized spacial score (nSPS) is 11.9. The Balaban J connectivity index is 3.79. The molecule has 0 saturated carbocycles. The maximum absolute atomic E-state index is 10.8. The molecule has 0 N–H and O–H groups in total. The molecule has 0 aromatic rings. The third kappa shape index (κ3) is 2.42. The summed E-state index contributed by atoms with van der Waals surface area (Å²) in [5.74, 6) is 0. The molecule has 0 fully saturated rings. The van der Waals surface area contributed by atoms with Crippen molar-refractivity contribution in [1.29, 1.82) is 0 Å². The molecule has 8 heavy (non-hydrogen) atoms. The van der Waals surface area contributed by atoms with Crippen LogP contribution < -0.4 is 0 Å². The Labute approximate surface area is 57.2 Å². The van der Waals surface area contributed by atoms with E-state index < -0.39 is 6.80 Å². The summed E-state index contributed by atoms with van der Waals surface area (Å²) >= 11 is 3.66. The van der Waals surface area contributed by atoms with Crippen LogP contribution in [0, 0.1) is 0 Å². The van der Waals surface area contributed by atoms with Gasteiger partial charge in [-0.05, 0) is 0 Å². The van der Waals surface area contributed by atoms with E-state index in [1.807, 2.05) is 0 Å². The molecule has 0 atom stereocenters. The third-order valence-corrected chi connectivity index (χ3v) is 4.94. The van der Waals surface area contributed by atoms with Crippen LogP contribution in [0.2, 0.25) is 0 Å². The summed E-state index contributed by atoms with van der Waals surface area (Å²) in [6.07, 6.45) is 0.